The quantitative estimate of drug-likeness (QED) is 0.779. The number of anilines is 1. The Morgan fingerprint density at radius 3 is 2.41 bits per heavy atom. The normalized spacial score (nSPS) is 20.4. The van der Waals surface area contributed by atoms with E-state index in [-0.39, 0.29) is 31.4 Å². The largest absolute Gasteiger partial charge is 0.481 e. The maximum atomic E-state index is 13.0. The second-order valence-electron chi connectivity index (χ2n) is 7.03. The van der Waals surface area contributed by atoms with Crippen molar-refractivity contribution in [3.63, 3.8) is 0 Å². The van der Waals surface area contributed by atoms with E-state index in [1.165, 1.54) is 4.90 Å². The van der Waals surface area contributed by atoms with Crippen molar-refractivity contribution in [2.45, 2.75) is 32.9 Å². The number of carbonyl (C=O) groups is 2. The predicted molar refractivity (Wildman–Crippen MR) is 98.3 cm³/mol. The van der Waals surface area contributed by atoms with Crippen LogP contribution >= 0.6 is 12.4 Å². The summed E-state index contributed by atoms with van der Waals surface area (Å²) in [4.78, 5) is 24.7. The lowest BCUT2D eigenvalue weighted by molar-refractivity contribution is -0.188. The summed E-state index contributed by atoms with van der Waals surface area (Å²) in [5, 5.41) is 11.8. The van der Waals surface area contributed by atoms with E-state index in [0.717, 1.165) is 11.1 Å². The van der Waals surface area contributed by atoms with Gasteiger partial charge in [0.2, 0.25) is 5.91 Å². The summed E-state index contributed by atoms with van der Waals surface area (Å²) in [5.74, 6) is -5.28. The van der Waals surface area contributed by atoms with Crippen molar-refractivity contribution < 1.29 is 27.9 Å². The van der Waals surface area contributed by atoms with E-state index in [1.807, 2.05) is 39.0 Å². The number of benzene rings is 1. The lowest BCUT2D eigenvalue weighted by Crippen LogP contribution is -2.34. The number of carboxylic acids is 1. The predicted octanol–water partition coefficient (Wildman–Crippen LogP) is 3.67. The number of nitrogens with one attached hydrogen (secondary N) is 1. The Balaban J connectivity index is 0.00000364. The van der Waals surface area contributed by atoms with Gasteiger partial charge in [-0.15, -0.1) is 12.4 Å². The highest BCUT2D eigenvalue weighted by atomic mass is 35.5. The van der Waals surface area contributed by atoms with E-state index < -0.39 is 36.4 Å². The number of para-hydroxylation sites is 1. The molecule has 0 aromatic heterocycles. The van der Waals surface area contributed by atoms with Crippen LogP contribution in [0.1, 0.15) is 30.9 Å². The van der Waals surface area contributed by atoms with Crippen molar-refractivity contribution in [2.75, 3.05) is 25.0 Å². The molecule has 0 unspecified atom stereocenters. The summed E-state index contributed by atoms with van der Waals surface area (Å²) in [7, 11) is 0. The van der Waals surface area contributed by atoms with E-state index in [0.29, 0.717) is 5.69 Å². The van der Waals surface area contributed by atoms with Gasteiger partial charge in [0, 0.05) is 18.8 Å². The second-order valence-corrected chi connectivity index (χ2v) is 7.03. The Morgan fingerprint density at radius 2 is 1.93 bits per heavy atom. The fraction of sp³-hybridized carbons (Fsp3) is 0.556. The number of halogens is 4. The van der Waals surface area contributed by atoms with Crippen molar-refractivity contribution in [1.82, 2.24) is 4.90 Å². The number of carbonyl (C=O) groups excluding carboxylic acids is 1. The Kier molecular flexibility index (Phi) is 7.68. The molecule has 27 heavy (non-hydrogen) atoms. The number of hydrogen-bond acceptors (Lipinski definition) is 3. The van der Waals surface area contributed by atoms with Gasteiger partial charge in [0.25, 0.3) is 0 Å². The molecule has 1 aromatic carbocycles. The molecule has 2 N–H and O–H groups in total. The van der Waals surface area contributed by atoms with Gasteiger partial charge in [-0.05, 0) is 24.0 Å². The molecule has 0 spiro atoms. The Hall–Kier alpha value is -1.80. The number of aliphatic carboxylic acids is 1. The van der Waals surface area contributed by atoms with Crippen LogP contribution < -0.4 is 5.32 Å². The van der Waals surface area contributed by atoms with E-state index in [4.69, 9.17) is 5.11 Å². The first-order valence-corrected chi connectivity index (χ1v) is 8.42. The van der Waals surface area contributed by atoms with E-state index in [9.17, 15) is 22.8 Å². The third-order valence-electron chi connectivity index (χ3n) is 4.69. The minimum absolute atomic E-state index is 0. The molecule has 1 aliphatic heterocycles. The highest BCUT2D eigenvalue weighted by molar-refractivity contribution is 5.94. The van der Waals surface area contributed by atoms with Gasteiger partial charge in [0.1, 0.15) is 0 Å². The van der Waals surface area contributed by atoms with Gasteiger partial charge in [-0.3, -0.25) is 14.5 Å². The highest BCUT2D eigenvalue weighted by Crippen LogP contribution is 2.37. The minimum Gasteiger partial charge on any atom is -0.481 e. The van der Waals surface area contributed by atoms with Crippen LogP contribution in [0.2, 0.25) is 0 Å². The number of nitrogens with zero attached hydrogens (tertiary/aromatic N) is 1. The smallest absolute Gasteiger partial charge is 0.393 e. The average Bonchev–Trinajstić information content (AvgIpc) is 2.93. The number of carboxylic acid groups (broad SMARTS) is 1. The van der Waals surface area contributed by atoms with Gasteiger partial charge in [-0.25, -0.2) is 0 Å². The molecule has 1 aromatic rings. The standard InChI is InChI=1S/C18H23F3N2O3.ClH/c1-10(2)12-6-4-5-11(3)16(12)22-15(24)9-23-7-13(17(25)26)14(8-23)18(19,20)21;/h4-6,10,13-14H,7-9H2,1-3H3,(H,22,24)(H,25,26);1H/t13-,14-;/m1./s1. The van der Waals surface area contributed by atoms with Crippen LogP contribution in [-0.2, 0) is 9.59 Å². The molecule has 1 amide bonds. The fourth-order valence-electron chi connectivity index (χ4n) is 3.32. The molecule has 5 nitrogen and oxygen atoms in total. The molecule has 1 heterocycles. The van der Waals surface area contributed by atoms with Gasteiger partial charge in [0.15, 0.2) is 0 Å². The monoisotopic (exact) mass is 408 g/mol. The molecular formula is C18H24ClF3N2O3. The lowest BCUT2D eigenvalue weighted by atomic mass is 9.96. The van der Waals surface area contributed by atoms with E-state index in [1.54, 1.807) is 0 Å². The molecule has 9 heteroatoms. The van der Waals surface area contributed by atoms with Crippen LogP contribution in [0.5, 0.6) is 0 Å². The molecular weight excluding hydrogens is 385 g/mol. The Morgan fingerprint density at radius 1 is 1.30 bits per heavy atom. The van der Waals surface area contributed by atoms with Crippen LogP contribution in [0.15, 0.2) is 18.2 Å². The van der Waals surface area contributed by atoms with Crippen molar-refractivity contribution in [1.29, 1.82) is 0 Å². The molecule has 0 radical (unpaired) electrons. The SMILES string of the molecule is Cc1cccc(C(C)C)c1NC(=O)CN1C[C@@H](C(F)(F)F)[C@H](C(=O)O)C1.Cl. The molecule has 152 valence electrons. The zero-order valence-electron chi connectivity index (χ0n) is 15.3. The molecule has 0 aliphatic carbocycles. The summed E-state index contributed by atoms with van der Waals surface area (Å²) in [5.41, 5.74) is 2.47. The number of hydrogen-bond donors (Lipinski definition) is 2. The third-order valence-corrected chi connectivity index (χ3v) is 4.69. The maximum absolute atomic E-state index is 13.0. The highest BCUT2D eigenvalue weighted by Gasteiger charge is 2.52. The number of aryl methyl sites for hydroxylation is 1. The molecule has 1 aliphatic rings. The summed E-state index contributed by atoms with van der Waals surface area (Å²) < 4.78 is 39.1. The van der Waals surface area contributed by atoms with Crippen LogP contribution in [0.3, 0.4) is 0 Å². The van der Waals surface area contributed by atoms with Crippen molar-refractivity contribution >= 4 is 30.0 Å². The third kappa shape index (κ3) is 5.59. The van der Waals surface area contributed by atoms with Crippen molar-refractivity contribution in [3.8, 4) is 0 Å². The van der Waals surface area contributed by atoms with Gasteiger partial charge in [0.05, 0.1) is 18.4 Å². The Labute approximate surface area is 162 Å². The number of amides is 1. The summed E-state index contributed by atoms with van der Waals surface area (Å²) in [6.45, 7) is 4.75. The number of likely N-dealkylation sites (tertiary alicyclic amines) is 1. The van der Waals surface area contributed by atoms with Crippen LogP contribution in [-0.4, -0.2) is 47.7 Å². The Bertz CT molecular complexity index is 695. The number of rotatable bonds is 5. The van der Waals surface area contributed by atoms with Crippen LogP contribution in [0.4, 0.5) is 18.9 Å². The summed E-state index contributed by atoms with van der Waals surface area (Å²) >= 11 is 0. The zero-order chi connectivity index (χ0) is 19.6. The first kappa shape index (κ1) is 23.2. The molecule has 2 rings (SSSR count). The first-order valence-electron chi connectivity index (χ1n) is 8.42. The molecule has 1 fully saturated rings. The van der Waals surface area contributed by atoms with Gasteiger partial charge in [-0.1, -0.05) is 32.0 Å². The van der Waals surface area contributed by atoms with E-state index >= 15 is 0 Å². The summed E-state index contributed by atoms with van der Waals surface area (Å²) in [6, 6.07) is 5.62. The van der Waals surface area contributed by atoms with Crippen LogP contribution in [0, 0.1) is 18.8 Å². The van der Waals surface area contributed by atoms with Gasteiger partial charge in [-0.2, -0.15) is 13.2 Å². The first-order chi connectivity index (χ1) is 12.0. The van der Waals surface area contributed by atoms with Gasteiger partial charge < -0.3 is 10.4 Å². The molecule has 1 saturated heterocycles. The molecule has 0 bridgehead atoms. The van der Waals surface area contributed by atoms with Crippen LogP contribution in [0.25, 0.3) is 0 Å². The van der Waals surface area contributed by atoms with Crippen molar-refractivity contribution in [3.05, 3.63) is 29.3 Å². The molecule has 0 saturated carbocycles. The van der Waals surface area contributed by atoms with E-state index in [2.05, 4.69) is 5.32 Å². The number of alkyl halides is 3. The van der Waals surface area contributed by atoms with Crippen molar-refractivity contribution in [2.24, 2.45) is 11.8 Å². The minimum atomic E-state index is -4.60. The second kappa shape index (κ2) is 8.93. The fourth-order valence-corrected chi connectivity index (χ4v) is 3.32. The molecule has 2 atom stereocenters. The van der Waals surface area contributed by atoms with Gasteiger partial charge >= 0.3 is 12.1 Å². The average molecular weight is 409 g/mol. The maximum Gasteiger partial charge on any atom is 0.393 e. The topological polar surface area (TPSA) is 69.6 Å². The summed E-state index contributed by atoms with van der Waals surface area (Å²) in [6.07, 6.45) is -4.60. The zero-order valence-corrected chi connectivity index (χ0v) is 16.2. The lowest BCUT2D eigenvalue weighted by Gasteiger charge is -2.20.